The molecule has 0 heterocycles. The Bertz CT molecular complexity index is 648. The Balaban J connectivity index is 2.07. The minimum atomic E-state index is -0.741. The van der Waals surface area contributed by atoms with Gasteiger partial charge in [-0.2, -0.15) is 0 Å². The molecule has 0 saturated carbocycles. The maximum atomic E-state index is 13.6. The first-order valence-corrected chi connectivity index (χ1v) is 8.22. The fraction of sp³-hybridized carbons (Fsp3) is 0.235. The molecule has 0 saturated heterocycles. The van der Waals surface area contributed by atoms with Gasteiger partial charge in [-0.1, -0.05) is 25.1 Å². The van der Waals surface area contributed by atoms with E-state index in [1.54, 1.807) is 23.9 Å². The summed E-state index contributed by atoms with van der Waals surface area (Å²) in [6.45, 7) is 1.82. The lowest BCUT2D eigenvalue weighted by Gasteiger charge is -2.17. The van der Waals surface area contributed by atoms with Crippen LogP contribution in [0.5, 0.6) is 5.75 Å². The molecule has 1 atom stereocenters. The molecule has 1 N–H and O–H groups in total. The molecule has 2 aromatic carbocycles. The third-order valence-corrected chi connectivity index (χ3v) is 3.83. The van der Waals surface area contributed by atoms with Crippen LogP contribution < -0.4 is 10.1 Å². The van der Waals surface area contributed by atoms with Crippen LogP contribution in [-0.2, 0) is 4.79 Å². The number of thioether (sulfide) groups is 1. The van der Waals surface area contributed by atoms with Crippen molar-refractivity contribution in [3.8, 4) is 5.75 Å². The van der Waals surface area contributed by atoms with Crippen molar-refractivity contribution >= 4 is 23.4 Å². The number of amides is 1. The highest BCUT2D eigenvalue weighted by molar-refractivity contribution is 7.98. The van der Waals surface area contributed by atoms with Crippen molar-refractivity contribution in [3.63, 3.8) is 0 Å². The molecule has 0 aliphatic heterocycles. The van der Waals surface area contributed by atoms with Crippen molar-refractivity contribution in [3.05, 3.63) is 54.3 Å². The monoisotopic (exact) mass is 319 g/mol. The molecular formula is C17H18FNO2S. The van der Waals surface area contributed by atoms with Crippen LogP contribution in [0.15, 0.2) is 53.4 Å². The second-order valence-corrected chi connectivity index (χ2v) is 5.55. The van der Waals surface area contributed by atoms with E-state index in [0.717, 1.165) is 4.90 Å². The molecule has 2 rings (SSSR count). The zero-order valence-corrected chi connectivity index (χ0v) is 13.3. The van der Waals surface area contributed by atoms with Crippen LogP contribution in [0, 0.1) is 5.82 Å². The van der Waals surface area contributed by atoms with E-state index in [4.69, 9.17) is 4.74 Å². The maximum absolute atomic E-state index is 13.6. The van der Waals surface area contributed by atoms with Gasteiger partial charge in [0, 0.05) is 10.6 Å². The number of anilines is 1. The van der Waals surface area contributed by atoms with Gasteiger partial charge in [0.2, 0.25) is 0 Å². The lowest BCUT2D eigenvalue weighted by molar-refractivity contribution is -0.122. The molecule has 1 amide bonds. The van der Waals surface area contributed by atoms with Crippen LogP contribution in [0.3, 0.4) is 0 Å². The molecule has 0 fully saturated rings. The molecule has 22 heavy (non-hydrogen) atoms. The number of nitrogens with one attached hydrogen (secondary N) is 1. The first-order valence-electron chi connectivity index (χ1n) is 7.00. The van der Waals surface area contributed by atoms with Crippen LogP contribution in [-0.4, -0.2) is 18.3 Å². The fourth-order valence-electron chi connectivity index (χ4n) is 1.94. The van der Waals surface area contributed by atoms with Gasteiger partial charge in [0.15, 0.2) is 17.7 Å². The number of hydrogen-bond acceptors (Lipinski definition) is 3. The van der Waals surface area contributed by atoms with E-state index < -0.39 is 11.9 Å². The smallest absolute Gasteiger partial charge is 0.265 e. The van der Waals surface area contributed by atoms with E-state index >= 15 is 0 Å². The SMILES string of the molecule is CC[C@H](Oc1ccccc1F)C(=O)Nc1cccc(SC)c1. The minimum absolute atomic E-state index is 0.0855. The molecule has 116 valence electrons. The Morgan fingerprint density at radius 2 is 2.05 bits per heavy atom. The van der Waals surface area contributed by atoms with E-state index in [1.807, 2.05) is 37.4 Å². The number of hydrogen-bond donors (Lipinski definition) is 1. The summed E-state index contributed by atoms with van der Waals surface area (Å²) in [5.74, 6) is -0.676. The van der Waals surface area contributed by atoms with Crippen molar-refractivity contribution in [1.82, 2.24) is 0 Å². The number of para-hydroxylation sites is 1. The summed E-state index contributed by atoms with van der Waals surface area (Å²) < 4.78 is 19.1. The molecule has 5 heteroatoms. The van der Waals surface area contributed by atoms with E-state index in [9.17, 15) is 9.18 Å². The van der Waals surface area contributed by atoms with Crippen LogP contribution in [0.2, 0.25) is 0 Å². The molecule has 2 aromatic rings. The average Bonchev–Trinajstić information content (AvgIpc) is 2.54. The van der Waals surface area contributed by atoms with Crippen molar-refractivity contribution in [2.75, 3.05) is 11.6 Å². The average molecular weight is 319 g/mol. The van der Waals surface area contributed by atoms with E-state index in [1.165, 1.54) is 12.1 Å². The molecule has 0 bridgehead atoms. The maximum Gasteiger partial charge on any atom is 0.265 e. The third-order valence-electron chi connectivity index (χ3n) is 3.11. The van der Waals surface area contributed by atoms with Gasteiger partial charge in [0.25, 0.3) is 5.91 Å². The number of rotatable bonds is 6. The van der Waals surface area contributed by atoms with Gasteiger partial charge in [-0.15, -0.1) is 11.8 Å². The van der Waals surface area contributed by atoms with Gasteiger partial charge in [-0.3, -0.25) is 4.79 Å². The minimum Gasteiger partial charge on any atom is -0.478 e. The van der Waals surface area contributed by atoms with Crippen LogP contribution >= 0.6 is 11.8 Å². The van der Waals surface area contributed by atoms with E-state index in [2.05, 4.69) is 5.32 Å². The van der Waals surface area contributed by atoms with Crippen LogP contribution in [0.1, 0.15) is 13.3 Å². The highest BCUT2D eigenvalue weighted by atomic mass is 32.2. The number of carbonyl (C=O) groups is 1. The number of benzene rings is 2. The summed E-state index contributed by atoms with van der Waals surface area (Å²) in [5, 5.41) is 2.81. The van der Waals surface area contributed by atoms with Gasteiger partial charge in [-0.05, 0) is 43.0 Å². The molecule has 0 aromatic heterocycles. The van der Waals surface area contributed by atoms with Gasteiger partial charge >= 0.3 is 0 Å². The molecule has 0 unspecified atom stereocenters. The molecule has 0 aliphatic carbocycles. The van der Waals surface area contributed by atoms with Crippen LogP contribution in [0.25, 0.3) is 0 Å². The van der Waals surface area contributed by atoms with Gasteiger partial charge in [0.1, 0.15) is 0 Å². The zero-order valence-electron chi connectivity index (χ0n) is 12.5. The summed E-state index contributed by atoms with van der Waals surface area (Å²) in [7, 11) is 0. The molecule has 0 spiro atoms. The Labute approximate surface area is 133 Å². The molecule has 0 aliphatic rings. The summed E-state index contributed by atoms with van der Waals surface area (Å²) in [5.41, 5.74) is 0.701. The molecular weight excluding hydrogens is 301 g/mol. The van der Waals surface area contributed by atoms with E-state index in [-0.39, 0.29) is 11.7 Å². The van der Waals surface area contributed by atoms with Crippen molar-refractivity contribution in [2.24, 2.45) is 0 Å². The Hall–Kier alpha value is -2.01. The standard InChI is InChI=1S/C17H18FNO2S/c1-3-15(21-16-10-5-4-9-14(16)18)17(20)19-12-7-6-8-13(11-12)22-2/h4-11,15H,3H2,1-2H3,(H,19,20)/t15-/m0/s1. The van der Waals surface area contributed by atoms with E-state index in [0.29, 0.717) is 12.1 Å². The lowest BCUT2D eigenvalue weighted by Crippen LogP contribution is -2.32. The fourth-order valence-corrected chi connectivity index (χ4v) is 2.40. The van der Waals surface area contributed by atoms with Crippen LogP contribution in [0.4, 0.5) is 10.1 Å². The summed E-state index contributed by atoms with van der Waals surface area (Å²) >= 11 is 1.60. The largest absolute Gasteiger partial charge is 0.478 e. The molecule has 0 radical (unpaired) electrons. The highest BCUT2D eigenvalue weighted by Crippen LogP contribution is 2.21. The number of carbonyl (C=O) groups excluding carboxylic acids is 1. The predicted octanol–water partition coefficient (Wildman–Crippen LogP) is 4.34. The van der Waals surface area contributed by atoms with Gasteiger partial charge in [0.05, 0.1) is 0 Å². The Kier molecular flexibility index (Phi) is 5.83. The van der Waals surface area contributed by atoms with Gasteiger partial charge in [-0.25, -0.2) is 4.39 Å². The second kappa shape index (κ2) is 7.84. The normalized spacial score (nSPS) is 11.8. The van der Waals surface area contributed by atoms with Crippen molar-refractivity contribution < 1.29 is 13.9 Å². The second-order valence-electron chi connectivity index (χ2n) is 4.67. The number of ether oxygens (including phenoxy) is 1. The quantitative estimate of drug-likeness (QED) is 0.805. The zero-order chi connectivity index (χ0) is 15.9. The Morgan fingerprint density at radius 1 is 1.27 bits per heavy atom. The number of halogens is 1. The molecule has 3 nitrogen and oxygen atoms in total. The lowest BCUT2D eigenvalue weighted by atomic mass is 10.2. The topological polar surface area (TPSA) is 38.3 Å². The first-order chi connectivity index (χ1) is 10.6. The van der Waals surface area contributed by atoms with Crippen molar-refractivity contribution in [1.29, 1.82) is 0 Å². The predicted molar refractivity (Wildman–Crippen MR) is 88.0 cm³/mol. The highest BCUT2D eigenvalue weighted by Gasteiger charge is 2.20. The van der Waals surface area contributed by atoms with Gasteiger partial charge < -0.3 is 10.1 Å². The first kappa shape index (κ1) is 16.4. The van der Waals surface area contributed by atoms with Crippen molar-refractivity contribution in [2.45, 2.75) is 24.3 Å². The Morgan fingerprint density at radius 3 is 2.73 bits per heavy atom. The summed E-state index contributed by atoms with van der Waals surface area (Å²) in [6.07, 6.45) is 1.68. The summed E-state index contributed by atoms with van der Waals surface area (Å²) in [4.78, 5) is 13.3. The third kappa shape index (κ3) is 4.24. The summed E-state index contributed by atoms with van der Waals surface area (Å²) in [6, 6.07) is 13.6.